The number of amides is 1. The van der Waals surface area contributed by atoms with Gasteiger partial charge in [0.1, 0.15) is 5.69 Å². The molecule has 3 aromatic rings. The van der Waals surface area contributed by atoms with Gasteiger partial charge in [0.15, 0.2) is 5.82 Å². The molecule has 0 aliphatic carbocycles. The standard InChI is InChI=1S/C19H18F3N7O/c1-10(2)25-17-27-16(12-5-3-4-11(8-12)15(23)30)28-18(29-17)26-13-6-7-24-14(9-13)19(20,21)22/h3-10H,1-2H3,(H2,23,30)(H2,24,25,26,27,28,29). The second-order valence-electron chi connectivity index (χ2n) is 6.60. The van der Waals surface area contributed by atoms with E-state index in [1.165, 1.54) is 12.1 Å². The highest BCUT2D eigenvalue weighted by atomic mass is 19.4. The van der Waals surface area contributed by atoms with E-state index in [0.29, 0.717) is 5.56 Å². The first-order valence-corrected chi connectivity index (χ1v) is 8.85. The second-order valence-corrected chi connectivity index (χ2v) is 6.60. The van der Waals surface area contributed by atoms with Crippen molar-refractivity contribution in [2.45, 2.75) is 26.1 Å². The number of halogens is 3. The maximum atomic E-state index is 12.9. The average Bonchev–Trinajstić information content (AvgIpc) is 2.67. The molecule has 11 heteroatoms. The lowest BCUT2D eigenvalue weighted by Crippen LogP contribution is -2.15. The Bertz CT molecular complexity index is 1070. The molecule has 2 heterocycles. The Kier molecular flexibility index (Phi) is 5.81. The summed E-state index contributed by atoms with van der Waals surface area (Å²) in [5.74, 6) is -0.163. The van der Waals surface area contributed by atoms with Gasteiger partial charge in [-0.05, 0) is 38.1 Å². The van der Waals surface area contributed by atoms with E-state index in [1.54, 1.807) is 18.2 Å². The molecule has 0 bridgehead atoms. The number of carbonyl (C=O) groups excluding carboxylic acids is 1. The molecule has 0 radical (unpaired) electrons. The molecule has 156 valence electrons. The van der Waals surface area contributed by atoms with Crippen molar-refractivity contribution in [1.29, 1.82) is 0 Å². The summed E-state index contributed by atoms with van der Waals surface area (Å²) in [6, 6.07) is 8.58. The van der Waals surface area contributed by atoms with Crippen molar-refractivity contribution in [3.63, 3.8) is 0 Å². The number of nitrogens with zero attached hydrogens (tertiary/aromatic N) is 4. The van der Waals surface area contributed by atoms with E-state index in [2.05, 4.69) is 30.6 Å². The van der Waals surface area contributed by atoms with Crippen LogP contribution in [0.15, 0.2) is 42.6 Å². The van der Waals surface area contributed by atoms with Gasteiger partial charge in [-0.3, -0.25) is 9.78 Å². The minimum atomic E-state index is -4.58. The minimum absolute atomic E-state index is 0.0113. The number of alkyl halides is 3. The van der Waals surface area contributed by atoms with Gasteiger partial charge < -0.3 is 16.4 Å². The molecule has 8 nitrogen and oxygen atoms in total. The normalized spacial score (nSPS) is 11.4. The number of benzene rings is 1. The monoisotopic (exact) mass is 417 g/mol. The number of pyridine rings is 1. The predicted octanol–water partition coefficient (Wildman–Crippen LogP) is 3.62. The summed E-state index contributed by atoms with van der Waals surface area (Å²) in [4.78, 5) is 27.6. The molecule has 0 saturated heterocycles. The number of anilines is 3. The van der Waals surface area contributed by atoms with E-state index in [4.69, 9.17) is 5.73 Å². The summed E-state index contributed by atoms with van der Waals surface area (Å²) >= 11 is 0. The van der Waals surface area contributed by atoms with Crippen molar-refractivity contribution < 1.29 is 18.0 Å². The minimum Gasteiger partial charge on any atom is -0.366 e. The highest BCUT2D eigenvalue weighted by Crippen LogP contribution is 2.29. The van der Waals surface area contributed by atoms with Gasteiger partial charge in [0.25, 0.3) is 0 Å². The van der Waals surface area contributed by atoms with E-state index >= 15 is 0 Å². The Morgan fingerprint density at radius 3 is 2.47 bits per heavy atom. The molecule has 0 atom stereocenters. The summed E-state index contributed by atoms with van der Waals surface area (Å²) in [5, 5.41) is 5.77. The Hall–Kier alpha value is -3.76. The number of carbonyl (C=O) groups is 1. The van der Waals surface area contributed by atoms with Gasteiger partial charge in [0.2, 0.25) is 17.8 Å². The van der Waals surface area contributed by atoms with Gasteiger partial charge >= 0.3 is 6.18 Å². The van der Waals surface area contributed by atoms with Crippen LogP contribution in [0.1, 0.15) is 29.9 Å². The van der Waals surface area contributed by atoms with Gasteiger partial charge in [0, 0.05) is 29.1 Å². The van der Waals surface area contributed by atoms with Gasteiger partial charge in [0.05, 0.1) is 0 Å². The van der Waals surface area contributed by atoms with Crippen molar-refractivity contribution in [1.82, 2.24) is 19.9 Å². The number of rotatable bonds is 6. The first-order chi connectivity index (χ1) is 14.1. The first-order valence-electron chi connectivity index (χ1n) is 8.85. The number of primary amides is 1. The van der Waals surface area contributed by atoms with Crippen LogP contribution in [0, 0.1) is 0 Å². The largest absolute Gasteiger partial charge is 0.433 e. The highest BCUT2D eigenvalue weighted by molar-refractivity contribution is 5.93. The molecular weight excluding hydrogens is 399 g/mol. The van der Waals surface area contributed by atoms with Crippen molar-refractivity contribution in [3.05, 3.63) is 53.9 Å². The average molecular weight is 417 g/mol. The number of nitrogens with two attached hydrogens (primary N) is 1. The molecule has 4 N–H and O–H groups in total. The van der Waals surface area contributed by atoms with Crippen LogP contribution in [0.2, 0.25) is 0 Å². The molecule has 1 aromatic carbocycles. The van der Waals surface area contributed by atoms with Crippen LogP contribution in [0.25, 0.3) is 11.4 Å². The maximum Gasteiger partial charge on any atom is 0.433 e. The third-order valence-corrected chi connectivity index (χ3v) is 3.76. The van der Waals surface area contributed by atoms with E-state index in [0.717, 1.165) is 12.3 Å². The topological polar surface area (TPSA) is 119 Å². The third kappa shape index (κ3) is 5.19. The number of nitrogens with one attached hydrogen (secondary N) is 2. The summed E-state index contributed by atoms with van der Waals surface area (Å²) in [7, 11) is 0. The molecule has 1 amide bonds. The Morgan fingerprint density at radius 2 is 1.80 bits per heavy atom. The summed E-state index contributed by atoms with van der Waals surface area (Å²) < 4.78 is 38.8. The fourth-order valence-electron chi connectivity index (χ4n) is 2.49. The summed E-state index contributed by atoms with van der Waals surface area (Å²) in [6.07, 6.45) is -3.54. The number of hydrogen-bond acceptors (Lipinski definition) is 7. The molecule has 0 fully saturated rings. The summed E-state index contributed by atoms with van der Waals surface area (Å²) in [6.45, 7) is 3.76. The predicted molar refractivity (Wildman–Crippen MR) is 105 cm³/mol. The molecule has 2 aromatic heterocycles. The lowest BCUT2D eigenvalue weighted by Gasteiger charge is -2.13. The highest BCUT2D eigenvalue weighted by Gasteiger charge is 2.32. The van der Waals surface area contributed by atoms with Crippen LogP contribution >= 0.6 is 0 Å². The molecule has 3 rings (SSSR count). The van der Waals surface area contributed by atoms with Crippen molar-refractivity contribution in [2.75, 3.05) is 10.6 Å². The van der Waals surface area contributed by atoms with Crippen LogP contribution in [0.4, 0.5) is 30.8 Å². The lowest BCUT2D eigenvalue weighted by molar-refractivity contribution is -0.141. The van der Waals surface area contributed by atoms with Crippen molar-refractivity contribution in [3.8, 4) is 11.4 Å². The molecule has 0 aliphatic rings. The van der Waals surface area contributed by atoms with Crippen LogP contribution in [-0.2, 0) is 6.18 Å². The molecule has 0 unspecified atom stereocenters. The van der Waals surface area contributed by atoms with E-state index < -0.39 is 17.8 Å². The number of aromatic nitrogens is 4. The van der Waals surface area contributed by atoms with Crippen molar-refractivity contribution >= 4 is 23.5 Å². The molecule has 0 spiro atoms. The van der Waals surface area contributed by atoms with Gasteiger partial charge in [-0.25, -0.2) is 0 Å². The third-order valence-electron chi connectivity index (χ3n) is 3.76. The zero-order valence-corrected chi connectivity index (χ0v) is 16.0. The van der Waals surface area contributed by atoms with Gasteiger partial charge in [-0.15, -0.1) is 0 Å². The van der Waals surface area contributed by atoms with E-state index in [1.807, 2.05) is 13.8 Å². The fraction of sp³-hybridized carbons (Fsp3) is 0.211. The zero-order valence-electron chi connectivity index (χ0n) is 16.0. The lowest BCUT2D eigenvalue weighted by atomic mass is 10.1. The Morgan fingerprint density at radius 1 is 1.07 bits per heavy atom. The van der Waals surface area contributed by atoms with E-state index in [-0.39, 0.29) is 35.0 Å². The second kappa shape index (κ2) is 8.31. The van der Waals surface area contributed by atoms with Gasteiger partial charge in [-0.1, -0.05) is 12.1 Å². The van der Waals surface area contributed by atoms with E-state index in [9.17, 15) is 18.0 Å². The first kappa shape index (κ1) is 21.0. The maximum absolute atomic E-state index is 12.9. The van der Waals surface area contributed by atoms with Crippen LogP contribution in [-0.4, -0.2) is 31.9 Å². The quantitative estimate of drug-likeness (QED) is 0.560. The number of hydrogen-bond donors (Lipinski definition) is 3. The fourth-order valence-corrected chi connectivity index (χ4v) is 2.49. The van der Waals surface area contributed by atoms with Crippen LogP contribution in [0.3, 0.4) is 0 Å². The molecular formula is C19H18F3N7O. The molecule has 0 aliphatic heterocycles. The Labute approximate surface area is 169 Å². The zero-order chi connectivity index (χ0) is 21.9. The smallest absolute Gasteiger partial charge is 0.366 e. The molecule has 0 saturated carbocycles. The SMILES string of the molecule is CC(C)Nc1nc(Nc2ccnc(C(F)(F)F)c2)nc(-c2cccc(C(N)=O)c2)n1. The molecule has 30 heavy (non-hydrogen) atoms. The van der Waals surface area contributed by atoms with Gasteiger partial charge in [-0.2, -0.15) is 28.1 Å². The van der Waals surface area contributed by atoms with Crippen LogP contribution < -0.4 is 16.4 Å². The van der Waals surface area contributed by atoms with Crippen LogP contribution in [0.5, 0.6) is 0 Å². The Balaban J connectivity index is 2.02. The summed E-state index contributed by atoms with van der Waals surface area (Å²) in [5.41, 5.74) is 5.15. The van der Waals surface area contributed by atoms with Crippen molar-refractivity contribution in [2.24, 2.45) is 5.73 Å².